The maximum atomic E-state index is 13.0. The number of pyridine rings is 1. The Kier molecular flexibility index (Phi) is 8.66. The van der Waals surface area contributed by atoms with E-state index in [4.69, 9.17) is 9.15 Å². The van der Waals surface area contributed by atoms with Gasteiger partial charge >= 0.3 is 0 Å². The van der Waals surface area contributed by atoms with Crippen LogP contribution in [-0.2, 0) is 9.59 Å². The Morgan fingerprint density at radius 3 is 2.76 bits per heavy atom. The van der Waals surface area contributed by atoms with E-state index in [-0.39, 0.29) is 11.7 Å². The first-order chi connectivity index (χ1) is 18.0. The molecule has 37 heavy (non-hydrogen) atoms. The second-order valence-electron chi connectivity index (χ2n) is 9.02. The molecule has 0 radical (unpaired) electrons. The quantitative estimate of drug-likeness (QED) is 0.242. The lowest BCUT2D eigenvalue weighted by molar-refractivity contribution is -0.125. The zero-order valence-electron chi connectivity index (χ0n) is 21.5. The molecule has 0 aliphatic carbocycles. The number of ketones is 1. The molecule has 0 saturated heterocycles. The third kappa shape index (κ3) is 6.41. The van der Waals surface area contributed by atoms with Crippen molar-refractivity contribution in [3.8, 4) is 17.2 Å². The van der Waals surface area contributed by atoms with Crippen molar-refractivity contribution < 1.29 is 18.7 Å². The lowest BCUT2D eigenvalue weighted by atomic mass is 10.0. The highest BCUT2D eigenvalue weighted by atomic mass is 16.5. The maximum absolute atomic E-state index is 13.0. The minimum absolute atomic E-state index is 0.181. The smallest absolute Gasteiger partial charge is 0.245 e. The zero-order chi connectivity index (χ0) is 26.2. The first-order valence-corrected chi connectivity index (χ1v) is 12.7. The number of ether oxygens (including phenoxy) is 1. The first kappa shape index (κ1) is 26.1. The van der Waals surface area contributed by atoms with Gasteiger partial charge in [-0.25, -0.2) is 9.97 Å². The molecule has 3 aromatic heterocycles. The van der Waals surface area contributed by atoms with Gasteiger partial charge in [0, 0.05) is 30.6 Å². The summed E-state index contributed by atoms with van der Waals surface area (Å²) in [6.07, 6.45) is 9.34. The summed E-state index contributed by atoms with van der Waals surface area (Å²) in [5.41, 5.74) is 1.51. The van der Waals surface area contributed by atoms with Gasteiger partial charge in [-0.1, -0.05) is 38.0 Å². The summed E-state index contributed by atoms with van der Waals surface area (Å²) < 4.78 is 13.3. The van der Waals surface area contributed by atoms with Gasteiger partial charge in [0.15, 0.2) is 5.76 Å². The molecule has 194 valence electrons. The van der Waals surface area contributed by atoms with E-state index >= 15 is 0 Å². The highest BCUT2D eigenvalue weighted by Crippen LogP contribution is 2.33. The van der Waals surface area contributed by atoms with Crippen LogP contribution in [0, 0.1) is 0 Å². The van der Waals surface area contributed by atoms with Crippen molar-refractivity contribution in [2.24, 2.45) is 0 Å². The van der Waals surface area contributed by atoms with E-state index in [1.807, 2.05) is 37.3 Å². The number of amides is 1. The molecule has 1 N–H and O–H groups in total. The molecule has 2 atom stereocenters. The Balaban J connectivity index is 1.54. The molecule has 9 nitrogen and oxygen atoms in total. The van der Waals surface area contributed by atoms with Crippen molar-refractivity contribution in [3.63, 3.8) is 0 Å². The fraction of sp³-hybridized carbons (Fsp3) is 0.393. The van der Waals surface area contributed by atoms with E-state index < -0.39 is 12.1 Å². The average molecular weight is 504 g/mol. The number of Topliss-reactive ketones (excluding diaryl/α,β-unsaturated/α-hetero) is 1. The summed E-state index contributed by atoms with van der Waals surface area (Å²) in [5.74, 6) is 1.46. The van der Waals surface area contributed by atoms with Crippen LogP contribution in [0.15, 0.2) is 59.4 Å². The van der Waals surface area contributed by atoms with Crippen molar-refractivity contribution in [3.05, 3.63) is 60.9 Å². The van der Waals surface area contributed by atoms with Crippen molar-refractivity contribution >= 4 is 22.6 Å². The van der Waals surface area contributed by atoms with Crippen LogP contribution in [0.3, 0.4) is 0 Å². The Morgan fingerprint density at radius 1 is 1.16 bits per heavy atom. The molecule has 0 aliphatic rings. The number of rotatable bonds is 13. The minimum atomic E-state index is -0.487. The lowest BCUT2D eigenvalue weighted by Crippen LogP contribution is -2.34. The fourth-order valence-electron chi connectivity index (χ4n) is 4.21. The van der Waals surface area contributed by atoms with Gasteiger partial charge in [-0.15, -0.1) is 0 Å². The monoisotopic (exact) mass is 503 g/mol. The summed E-state index contributed by atoms with van der Waals surface area (Å²) in [6.45, 7) is 3.68. The van der Waals surface area contributed by atoms with E-state index in [1.54, 1.807) is 43.4 Å². The van der Waals surface area contributed by atoms with Crippen LogP contribution in [0.4, 0.5) is 0 Å². The largest absolute Gasteiger partial charge is 0.480 e. The number of nitrogens with zero attached hydrogens (tertiary/aromatic N) is 4. The predicted octanol–water partition coefficient (Wildman–Crippen LogP) is 5.44. The highest BCUT2D eigenvalue weighted by molar-refractivity contribution is 5.85. The Morgan fingerprint density at radius 2 is 2.00 bits per heavy atom. The molecule has 0 fully saturated rings. The van der Waals surface area contributed by atoms with Gasteiger partial charge in [0.2, 0.25) is 17.7 Å². The lowest BCUT2D eigenvalue weighted by Gasteiger charge is -2.19. The van der Waals surface area contributed by atoms with Crippen molar-refractivity contribution in [1.29, 1.82) is 0 Å². The number of nitrogens with one attached hydrogen (secondary N) is 1. The molecule has 1 amide bonds. The van der Waals surface area contributed by atoms with E-state index in [2.05, 4.69) is 20.4 Å². The molecule has 1 aromatic carbocycles. The van der Waals surface area contributed by atoms with E-state index in [0.717, 1.165) is 30.2 Å². The third-order valence-electron chi connectivity index (χ3n) is 6.43. The number of para-hydroxylation sites is 1. The van der Waals surface area contributed by atoms with Crippen LogP contribution in [0.25, 0.3) is 22.2 Å². The second-order valence-corrected chi connectivity index (χ2v) is 9.02. The van der Waals surface area contributed by atoms with Crippen LogP contribution in [0.1, 0.15) is 70.3 Å². The van der Waals surface area contributed by atoms with Gasteiger partial charge in [0.25, 0.3) is 0 Å². The van der Waals surface area contributed by atoms with E-state index in [9.17, 15) is 9.59 Å². The third-order valence-corrected chi connectivity index (χ3v) is 6.43. The van der Waals surface area contributed by atoms with Crippen molar-refractivity contribution in [2.75, 3.05) is 7.11 Å². The van der Waals surface area contributed by atoms with Crippen molar-refractivity contribution in [1.82, 2.24) is 25.1 Å². The number of benzene rings is 1. The van der Waals surface area contributed by atoms with Gasteiger partial charge in [-0.05, 0) is 38.0 Å². The molecule has 0 bridgehead atoms. The van der Waals surface area contributed by atoms with Crippen LogP contribution in [0.5, 0.6) is 5.88 Å². The zero-order valence-corrected chi connectivity index (χ0v) is 21.5. The van der Waals surface area contributed by atoms with E-state index in [1.165, 1.54) is 0 Å². The number of carbonyl (C=O) groups is 2. The van der Waals surface area contributed by atoms with E-state index in [0.29, 0.717) is 42.4 Å². The molecule has 3 heterocycles. The normalized spacial score (nSPS) is 12.8. The summed E-state index contributed by atoms with van der Waals surface area (Å²) >= 11 is 0. The number of hydrogen-bond donors (Lipinski definition) is 1. The number of hydrogen-bond acceptors (Lipinski definition) is 7. The first-order valence-electron chi connectivity index (χ1n) is 12.7. The maximum Gasteiger partial charge on any atom is 0.245 e. The number of oxazole rings is 1. The van der Waals surface area contributed by atoms with Gasteiger partial charge < -0.3 is 14.5 Å². The summed E-state index contributed by atoms with van der Waals surface area (Å²) in [4.78, 5) is 33.8. The Bertz CT molecular complexity index is 1330. The second kappa shape index (κ2) is 12.3. The molecule has 0 saturated carbocycles. The number of unbranched alkanes of at least 4 members (excludes halogenated alkanes) is 2. The molecular weight excluding hydrogens is 470 g/mol. The standard InChI is InChI=1S/C28H33N5O4/c1-4-21(34)12-6-5-7-14-24(31-26(35)19(2)33-16-10-15-30-33)28-29-18-25(37-28)22-17-20-11-8-9-13-23(20)32-27(22)36-3/h8-11,13,15-19,24H,4-7,12,14H2,1-3H3,(H,31,35)/t19?,24-/m0/s1. The molecule has 9 heteroatoms. The van der Waals surface area contributed by atoms with Gasteiger partial charge in [0.05, 0.1) is 24.4 Å². The number of carbonyl (C=O) groups excluding carboxylic acids is 2. The fourth-order valence-corrected chi connectivity index (χ4v) is 4.21. The molecular formula is C28H33N5O4. The Hall–Kier alpha value is -4.01. The number of aromatic nitrogens is 4. The average Bonchev–Trinajstić information content (AvgIpc) is 3.64. The summed E-state index contributed by atoms with van der Waals surface area (Å²) in [6, 6.07) is 10.6. The molecule has 4 aromatic rings. The molecule has 4 rings (SSSR count). The minimum Gasteiger partial charge on any atom is -0.480 e. The van der Waals surface area contributed by atoms with Crippen LogP contribution >= 0.6 is 0 Å². The number of methoxy groups -OCH3 is 1. The van der Waals surface area contributed by atoms with Crippen LogP contribution in [0.2, 0.25) is 0 Å². The summed E-state index contributed by atoms with van der Waals surface area (Å²) in [5, 5.41) is 8.22. The topological polar surface area (TPSA) is 112 Å². The highest BCUT2D eigenvalue weighted by Gasteiger charge is 2.25. The van der Waals surface area contributed by atoms with Crippen LogP contribution in [-0.4, -0.2) is 38.5 Å². The van der Waals surface area contributed by atoms with Crippen LogP contribution < -0.4 is 10.1 Å². The van der Waals surface area contributed by atoms with Crippen molar-refractivity contribution in [2.45, 2.75) is 64.5 Å². The Labute approximate surface area is 216 Å². The molecule has 0 aliphatic heterocycles. The number of fused-ring (bicyclic) bond motifs is 1. The van der Waals surface area contributed by atoms with Gasteiger partial charge in [-0.3, -0.25) is 14.3 Å². The van der Waals surface area contributed by atoms with Gasteiger partial charge in [0.1, 0.15) is 17.9 Å². The summed E-state index contributed by atoms with van der Waals surface area (Å²) in [7, 11) is 1.57. The molecule has 1 unspecified atom stereocenters. The molecule has 0 spiro atoms. The van der Waals surface area contributed by atoms with Gasteiger partial charge in [-0.2, -0.15) is 5.10 Å². The SMILES string of the molecule is CCC(=O)CCCCC[C@H](NC(=O)C(C)n1cccn1)c1ncc(-c2cc3ccccc3nc2OC)o1. The predicted molar refractivity (Wildman–Crippen MR) is 140 cm³/mol.